The minimum atomic E-state index is 0.0508. The summed E-state index contributed by atoms with van der Waals surface area (Å²) in [6, 6.07) is 0.850. The lowest BCUT2D eigenvalue weighted by Crippen LogP contribution is -2.35. The zero-order valence-corrected chi connectivity index (χ0v) is 11.8. The topological polar surface area (TPSA) is 21.3 Å². The molecule has 0 spiro atoms. The molecule has 2 aliphatic rings. The third-order valence-corrected chi connectivity index (χ3v) is 4.82. The molecule has 2 heteroatoms. The molecule has 0 atom stereocenters. The predicted octanol–water partition coefficient (Wildman–Crippen LogP) is 3.50. The van der Waals surface area contributed by atoms with Crippen molar-refractivity contribution in [2.75, 3.05) is 13.7 Å². The Morgan fingerprint density at radius 3 is 2.41 bits per heavy atom. The summed E-state index contributed by atoms with van der Waals surface area (Å²) >= 11 is 0. The van der Waals surface area contributed by atoms with Crippen LogP contribution in [0.2, 0.25) is 0 Å². The fourth-order valence-electron chi connectivity index (χ4n) is 2.96. The summed E-state index contributed by atoms with van der Waals surface area (Å²) in [5, 5.41) is 3.75. The van der Waals surface area contributed by atoms with Gasteiger partial charge in [0.25, 0.3) is 0 Å². The second-order valence-corrected chi connectivity index (χ2v) is 6.83. The lowest BCUT2D eigenvalue weighted by Gasteiger charge is -2.33. The quantitative estimate of drug-likeness (QED) is 0.734. The lowest BCUT2D eigenvalue weighted by atomic mass is 9.79. The molecule has 100 valence electrons. The van der Waals surface area contributed by atoms with E-state index < -0.39 is 0 Å². The van der Waals surface area contributed by atoms with E-state index in [1.54, 1.807) is 0 Å². The molecular formula is C15H29NO. The molecule has 0 saturated heterocycles. The van der Waals surface area contributed by atoms with Gasteiger partial charge < -0.3 is 10.1 Å². The Bertz CT molecular complexity index is 239. The van der Waals surface area contributed by atoms with E-state index in [0.29, 0.717) is 5.41 Å². The minimum Gasteiger partial charge on any atom is -0.379 e. The van der Waals surface area contributed by atoms with E-state index in [1.165, 1.54) is 57.9 Å². The molecule has 17 heavy (non-hydrogen) atoms. The first-order valence-electron chi connectivity index (χ1n) is 7.34. The minimum absolute atomic E-state index is 0.0508. The molecule has 0 radical (unpaired) electrons. The maximum Gasteiger partial charge on any atom is 0.0623 e. The van der Waals surface area contributed by atoms with Crippen molar-refractivity contribution in [1.29, 1.82) is 0 Å². The first-order chi connectivity index (χ1) is 8.05. The Morgan fingerprint density at radius 2 is 1.88 bits per heavy atom. The Morgan fingerprint density at radius 1 is 1.24 bits per heavy atom. The van der Waals surface area contributed by atoms with Crippen molar-refractivity contribution in [3.05, 3.63) is 0 Å². The fourth-order valence-corrected chi connectivity index (χ4v) is 2.96. The smallest absolute Gasteiger partial charge is 0.0623 e. The largest absolute Gasteiger partial charge is 0.379 e. The van der Waals surface area contributed by atoms with E-state index in [2.05, 4.69) is 19.2 Å². The third kappa shape index (κ3) is 3.96. The van der Waals surface area contributed by atoms with E-state index in [-0.39, 0.29) is 5.60 Å². The van der Waals surface area contributed by atoms with Gasteiger partial charge in [-0.3, -0.25) is 0 Å². The second-order valence-electron chi connectivity index (χ2n) is 6.83. The third-order valence-electron chi connectivity index (χ3n) is 4.82. The van der Waals surface area contributed by atoms with Gasteiger partial charge in [0.15, 0.2) is 0 Å². The van der Waals surface area contributed by atoms with Crippen molar-refractivity contribution < 1.29 is 4.74 Å². The average molecular weight is 239 g/mol. The molecule has 0 unspecified atom stereocenters. The van der Waals surface area contributed by atoms with Gasteiger partial charge in [-0.2, -0.15) is 0 Å². The van der Waals surface area contributed by atoms with E-state index >= 15 is 0 Å². The van der Waals surface area contributed by atoms with Crippen LogP contribution in [-0.4, -0.2) is 25.3 Å². The van der Waals surface area contributed by atoms with Gasteiger partial charge in [-0.05, 0) is 57.8 Å². The van der Waals surface area contributed by atoms with Gasteiger partial charge >= 0.3 is 0 Å². The first kappa shape index (κ1) is 13.4. The number of hydrogen-bond donors (Lipinski definition) is 1. The summed E-state index contributed by atoms with van der Waals surface area (Å²) in [6.07, 6.45) is 11.0. The molecule has 1 N–H and O–H groups in total. The molecule has 2 rings (SSSR count). The number of ether oxygens (including phenoxy) is 1. The molecule has 2 saturated carbocycles. The van der Waals surface area contributed by atoms with Gasteiger partial charge in [-0.1, -0.05) is 12.8 Å². The molecule has 0 heterocycles. The first-order valence-corrected chi connectivity index (χ1v) is 7.34. The zero-order chi connectivity index (χ0) is 12.4. The van der Waals surface area contributed by atoms with Gasteiger partial charge in [-0.15, -0.1) is 0 Å². The Balaban J connectivity index is 1.82. The van der Waals surface area contributed by atoms with Crippen molar-refractivity contribution >= 4 is 0 Å². The van der Waals surface area contributed by atoms with Gasteiger partial charge in [0.2, 0.25) is 0 Å². The molecule has 2 fully saturated rings. The zero-order valence-electron chi connectivity index (χ0n) is 11.8. The molecular weight excluding hydrogens is 210 g/mol. The fraction of sp³-hybridized carbons (Fsp3) is 1.00. The van der Waals surface area contributed by atoms with E-state index in [9.17, 15) is 0 Å². The van der Waals surface area contributed by atoms with Crippen LogP contribution in [0.1, 0.15) is 65.2 Å². The molecule has 2 aliphatic carbocycles. The van der Waals surface area contributed by atoms with Crippen molar-refractivity contribution in [1.82, 2.24) is 5.32 Å². The molecule has 2 nitrogen and oxygen atoms in total. The highest BCUT2D eigenvalue weighted by Gasteiger charge is 2.36. The highest BCUT2D eigenvalue weighted by Crippen LogP contribution is 2.43. The van der Waals surface area contributed by atoms with Crippen LogP contribution in [0.5, 0.6) is 0 Å². The highest BCUT2D eigenvalue weighted by molar-refractivity contribution is 4.91. The van der Waals surface area contributed by atoms with Gasteiger partial charge in [0.05, 0.1) is 5.60 Å². The van der Waals surface area contributed by atoms with Crippen molar-refractivity contribution in [2.45, 2.75) is 76.9 Å². The Kier molecular flexibility index (Phi) is 4.14. The molecule has 0 aliphatic heterocycles. The second kappa shape index (κ2) is 5.27. The van der Waals surface area contributed by atoms with Crippen LogP contribution >= 0.6 is 0 Å². The van der Waals surface area contributed by atoms with Gasteiger partial charge in [0, 0.05) is 19.7 Å². The molecule has 0 aromatic carbocycles. The van der Waals surface area contributed by atoms with Crippen LogP contribution in [0.25, 0.3) is 0 Å². The van der Waals surface area contributed by atoms with Crippen LogP contribution in [0, 0.1) is 5.41 Å². The van der Waals surface area contributed by atoms with Crippen LogP contribution < -0.4 is 5.32 Å². The van der Waals surface area contributed by atoms with E-state index in [4.69, 9.17) is 4.74 Å². The summed E-state index contributed by atoms with van der Waals surface area (Å²) in [6.45, 7) is 5.67. The maximum atomic E-state index is 5.56. The molecule has 0 aromatic heterocycles. The van der Waals surface area contributed by atoms with Crippen LogP contribution in [0.3, 0.4) is 0 Å². The summed E-state index contributed by atoms with van der Waals surface area (Å²) in [7, 11) is 1.84. The van der Waals surface area contributed by atoms with Gasteiger partial charge in [0.1, 0.15) is 0 Å². The number of methoxy groups -OCH3 is 1. The summed E-state index contributed by atoms with van der Waals surface area (Å²) in [5.41, 5.74) is 0.633. The number of nitrogens with one attached hydrogen (secondary N) is 1. The summed E-state index contributed by atoms with van der Waals surface area (Å²) < 4.78 is 5.56. The standard InChI is InChI=1S/C15H29NO/c1-14(2,17-3)10-11-15(8-4-5-9-15)12-16-13-6-7-13/h13,16H,4-12H2,1-3H3. The Labute approximate surface area is 107 Å². The summed E-state index contributed by atoms with van der Waals surface area (Å²) in [5.74, 6) is 0. The van der Waals surface area contributed by atoms with Crippen LogP contribution in [0.4, 0.5) is 0 Å². The number of hydrogen-bond acceptors (Lipinski definition) is 2. The predicted molar refractivity (Wildman–Crippen MR) is 72.2 cm³/mol. The van der Waals surface area contributed by atoms with E-state index in [0.717, 1.165) is 6.04 Å². The molecule has 0 bridgehead atoms. The average Bonchev–Trinajstić information content (AvgIpc) is 3.04. The maximum absolute atomic E-state index is 5.56. The Hall–Kier alpha value is -0.0800. The van der Waals surface area contributed by atoms with Crippen LogP contribution in [-0.2, 0) is 4.74 Å². The summed E-state index contributed by atoms with van der Waals surface area (Å²) in [4.78, 5) is 0. The lowest BCUT2D eigenvalue weighted by molar-refractivity contribution is 0.00364. The van der Waals surface area contributed by atoms with E-state index in [1.807, 2.05) is 7.11 Å². The highest BCUT2D eigenvalue weighted by atomic mass is 16.5. The normalized spacial score (nSPS) is 24.2. The van der Waals surface area contributed by atoms with Crippen LogP contribution in [0.15, 0.2) is 0 Å². The van der Waals surface area contributed by atoms with Crippen molar-refractivity contribution in [3.63, 3.8) is 0 Å². The number of rotatable bonds is 7. The monoisotopic (exact) mass is 239 g/mol. The SMILES string of the molecule is COC(C)(C)CCC1(CNC2CC2)CCCC1. The molecule has 0 aromatic rings. The van der Waals surface area contributed by atoms with Gasteiger partial charge in [-0.25, -0.2) is 0 Å². The molecule has 0 amide bonds. The van der Waals surface area contributed by atoms with Crippen molar-refractivity contribution in [3.8, 4) is 0 Å². The van der Waals surface area contributed by atoms with Crippen molar-refractivity contribution in [2.24, 2.45) is 5.41 Å².